The fourth-order valence-electron chi connectivity index (χ4n) is 4.07. The van der Waals surface area contributed by atoms with Gasteiger partial charge in [-0.2, -0.15) is 4.31 Å². The Hall–Kier alpha value is -1.19. The Labute approximate surface area is 185 Å². The van der Waals surface area contributed by atoms with Gasteiger partial charge in [0.05, 0.1) is 15.5 Å². The molecule has 1 aromatic carbocycles. The zero-order valence-electron chi connectivity index (χ0n) is 17.8. The monoisotopic (exact) mass is 456 g/mol. The van der Waals surface area contributed by atoms with E-state index in [1.165, 1.54) is 28.9 Å². The number of sulfonamides is 1. The van der Waals surface area contributed by atoms with Crippen LogP contribution in [-0.4, -0.2) is 87.3 Å². The van der Waals surface area contributed by atoms with Gasteiger partial charge in [0.1, 0.15) is 0 Å². The van der Waals surface area contributed by atoms with Crippen molar-refractivity contribution in [2.45, 2.75) is 37.5 Å². The average Bonchev–Trinajstić information content (AvgIpc) is 3.28. The fourth-order valence-corrected chi connectivity index (χ4v) is 5.82. The number of piperazine rings is 1. The molecule has 0 aliphatic carbocycles. The normalized spacial score (nSPS) is 19.3. The van der Waals surface area contributed by atoms with Crippen molar-refractivity contribution in [1.29, 1.82) is 0 Å². The third kappa shape index (κ3) is 5.95. The lowest BCUT2D eigenvalue weighted by atomic mass is 10.2. The molecule has 1 N–H and O–H groups in total. The zero-order chi connectivity index (χ0) is 21.6. The molecule has 2 aliphatic heterocycles. The van der Waals surface area contributed by atoms with Crippen molar-refractivity contribution < 1.29 is 13.2 Å². The summed E-state index contributed by atoms with van der Waals surface area (Å²) in [6, 6.07) is 4.37. The topological polar surface area (TPSA) is 73.0 Å². The summed E-state index contributed by atoms with van der Waals surface area (Å²) in [7, 11) is -3.58. The third-order valence-corrected chi connectivity index (χ3v) is 8.05. The third-order valence-electron chi connectivity index (χ3n) is 5.83. The summed E-state index contributed by atoms with van der Waals surface area (Å²) in [6.45, 7) is 10.2. The lowest BCUT2D eigenvalue weighted by Gasteiger charge is -2.34. The van der Waals surface area contributed by atoms with Crippen LogP contribution in [-0.2, 0) is 10.0 Å². The van der Waals surface area contributed by atoms with Crippen LogP contribution in [0.4, 0.5) is 0 Å². The molecule has 2 aliphatic rings. The quantitative estimate of drug-likeness (QED) is 0.577. The Morgan fingerprint density at radius 3 is 2.30 bits per heavy atom. The largest absolute Gasteiger partial charge is 0.352 e. The molecule has 0 spiro atoms. The lowest BCUT2D eigenvalue weighted by molar-refractivity contribution is 0.0947. The van der Waals surface area contributed by atoms with Crippen molar-refractivity contribution in [2.75, 3.05) is 58.9 Å². The van der Waals surface area contributed by atoms with Gasteiger partial charge in [0, 0.05) is 45.8 Å². The molecule has 1 amide bonds. The molecule has 2 fully saturated rings. The predicted molar refractivity (Wildman–Crippen MR) is 120 cm³/mol. The molecule has 0 unspecified atom stereocenters. The summed E-state index contributed by atoms with van der Waals surface area (Å²) in [5.74, 6) is -0.328. The van der Waals surface area contributed by atoms with Gasteiger partial charge in [-0.15, -0.1) is 0 Å². The summed E-state index contributed by atoms with van der Waals surface area (Å²) >= 11 is 6.19. The first-order valence-corrected chi connectivity index (χ1v) is 12.8. The van der Waals surface area contributed by atoms with Crippen LogP contribution in [0.15, 0.2) is 23.1 Å². The number of hydrogen-bond acceptors (Lipinski definition) is 5. The fraction of sp³-hybridized carbons (Fsp3) is 0.667. The van der Waals surface area contributed by atoms with Crippen molar-refractivity contribution >= 4 is 27.5 Å². The van der Waals surface area contributed by atoms with E-state index >= 15 is 0 Å². The maximum absolute atomic E-state index is 12.8. The summed E-state index contributed by atoms with van der Waals surface area (Å²) in [5, 5.41) is 3.15. The Bertz CT molecular complexity index is 820. The van der Waals surface area contributed by atoms with Gasteiger partial charge in [0.2, 0.25) is 10.0 Å². The van der Waals surface area contributed by atoms with E-state index in [0.717, 1.165) is 58.5 Å². The van der Waals surface area contributed by atoms with E-state index in [4.69, 9.17) is 11.6 Å². The molecule has 3 rings (SSSR count). The predicted octanol–water partition coefficient (Wildman–Crippen LogP) is 2.27. The Morgan fingerprint density at radius 2 is 1.67 bits per heavy atom. The number of hydrogen-bond donors (Lipinski definition) is 1. The molecule has 2 saturated heterocycles. The molecule has 30 heavy (non-hydrogen) atoms. The molecule has 0 radical (unpaired) electrons. The van der Waals surface area contributed by atoms with Crippen LogP contribution in [0.3, 0.4) is 0 Å². The van der Waals surface area contributed by atoms with E-state index in [0.29, 0.717) is 19.6 Å². The van der Waals surface area contributed by atoms with Crippen LogP contribution in [0.2, 0.25) is 5.02 Å². The lowest BCUT2D eigenvalue weighted by Crippen LogP contribution is -2.47. The van der Waals surface area contributed by atoms with E-state index in [2.05, 4.69) is 22.0 Å². The minimum Gasteiger partial charge on any atom is -0.352 e. The van der Waals surface area contributed by atoms with Crippen LogP contribution < -0.4 is 5.32 Å². The molecule has 0 atom stereocenters. The van der Waals surface area contributed by atoms with E-state index in [1.807, 2.05) is 0 Å². The van der Waals surface area contributed by atoms with Crippen LogP contribution in [0, 0.1) is 0 Å². The van der Waals surface area contributed by atoms with Crippen molar-refractivity contribution in [3.05, 3.63) is 28.8 Å². The van der Waals surface area contributed by atoms with Crippen LogP contribution in [0.1, 0.15) is 43.0 Å². The second kappa shape index (κ2) is 10.9. The maximum atomic E-state index is 12.8. The first-order chi connectivity index (χ1) is 14.4. The van der Waals surface area contributed by atoms with Crippen LogP contribution >= 0.6 is 11.6 Å². The minimum absolute atomic E-state index is 0.129. The second-order valence-electron chi connectivity index (χ2n) is 8.05. The van der Waals surface area contributed by atoms with Gasteiger partial charge in [-0.25, -0.2) is 8.42 Å². The Morgan fingerprint density at radius 1 is 1.03 bits per heavy atom. The van der Waals surface area contributed by atoms with Crippen LogP contribution in [0.25, 0.3) is 0 Å². The molecule has 7 nitrogen and oxygen atoms in total. The SMILES string of the molecule is CCCN1CCN(CCCNC(=O)c2cc(S(=O)(=O)N3CCCC3)ccc2Cl)CC1. The van der Waals surface area contributed by atoms with Gasteiger partial charge in [-0.3, -0.25) is 4.79 Å². The van der Waals surface area contributed by atoms with Crippen LogP contribution in [0.5, 0.6) is 0 Å². The van der Waals surface area contributed by atoms with Crippen molar-refractivity contribution in [3.8, 4) is 0 Å². The molecule has 2 heterocycles. The molecular weight excluding hydrogens is 424 g/mol. The highest BCUT2D eigenvalue weighted by molar-refractivity contribution is 7.89. The first kappa shape index (κ1) is 23.5. The number of carbonyl (C=O) groups is 1. The Kier molecular flexibility index (Phi) is 8.53. The van der Waals surface area contributed by atoms with Crippen molar-refractivity contribution in [3.63, 3.8) is 0 Å². The first-order valence-electron chi connectivity index (χ1n) is 10.9. The van der Waals surface area contributed by atoms with Gasteiger partial charge in [-0.05, 0) is 57.0 Å². The minimum atomic E-state index is -3.58. The number of benzene rings is 1. The summed E-state index contributed by atoms with van der Waals surface area (Å²) < 4.78 is 27.0. The number of carbonyl (C=O) groups excluding carboxylic acids is 1. The summed E-state index contributed by atoms with van der Waals surface area (Å²) in [4.78, 5) is 17.7. The van der Waals surface area contributed by atoms with Crippen molar-refractivity contribution in [1.82, 2.24) is 19.4 Å². The molecule has 168 valence electrons. The highest BCUT2D eigenvalue weighted by Gasteiger charge is 2.28. The molecule has 0 aromatic heterocycles. The van der Waals surface area contributed by atoms with Gasteiger partial charge >= 0.3 is 0 Å². The van der Waals surface area contributed by atoms with Gasteiger partial charge in [0.15, 0.2) is 0 Å². The standard InChI is InChI=1S/C21H33ClN4O3S/c1-2-9-24-13-15-25(16-14-24)10-5-8-23-21(27)19-17-18(6-7-20(19)22)30(28,29)26-11-3-4-12-26/h6-7,17H,2-5,8-16H2,1H3,(H,23,27). The molecule has 9 heteroatoms. The Balaban J connectivity index is 1.49. The molecule has 0 bridgehead atoms. The summed E-state index contributed by atoms with van der Waals surface area (Å²) in [6.07, 6.45) is 3.78. The van der Waals surface area contributed by atoms with E-state index in [-0.39, 0.29) is 21.4 Å². The van der Waals surface area contributed by atoms with Gasteiger partial charge in [0.25, 0.3) is 5.91 Å². The van der Waals surface area contributed by atoms with Gasteiger partial charge < -0.3 is 15.1 Å². The number of nitrogens with zero attached hydrogens (tertiary/aromatic N) is 3. The van der Waals surface area contributed by atoms with E-state index in [1.54, 1.807) is 0 Å². The molecular formula is C21H33ClN4O3S. The second-order valence-corrected chi connectivity index (χ2v) is 10.4. The smallest absolute Gasteiger partial charge is 0.252 e. The zero-order valence-corrected chi connectivity index (χ0v) is 19.3. The van der Waals surface area contributed by atoms with Gasteiger partial charge in [-0.1, -0.05) is 18.5 Å². The maximum Gasteiger partial charge on any atom is 0.252 e. The number of amides is 1. The highest BCUT2D eigenvalue weighted by atomic mass is 35.5. The molecule has 0 saturated carbocycles. The average molecular weight is 457 g/mol. The number of nitrogens with one attached hydrogen (secondary N) is 1. The van der Waals surface area contributed by atoms with Crippen molar-refractivity contribution in [2.24, 2.45) is 0 Å². The van der Waals surface area contributed by atoms with E-state index in [9.17, 15) is 13.2 Å². The summed E-state index contributed by atoms with van der Waals surface area (Å²) in [5.41, 5.74) is 0.213. The van der Waals surface area contributed by atoms with E-state index < -0.39 is 10.0 Å². The number of rotatable bonds is 9. The number of halogens is 1. The molecule has 1 aromatic rings. The highest BCUT2D eigenvalue weighted by Crippen LogP contribution is 2.25.